The fourth-order valence-electron chi connectivity index (χ4n) is 1.03. The third-order valence-electron chi connectivity index (χ3n) is 1.92. The van der Waals surface area contributed by atoms with Gasteiger partial charge >= 0.3 is 0 Å². The Kier molecular flexibility index (Phi) is 4.03. The molecule has 1 atom stereocenters. The summed E-state index contributed by atoms with van der Waals surface area (Å²) in [6.07, 6.45) is 0. The highest BCUT2D eigenvalue weighted by Gasteiger charge is 2.08. The number of benzene rings is 1. The largest absolute Gasteiger partial charge is 0.325 e. The van der Waals surface area contributed by atoms with Gasteiger partial charge in [-0.2, -0.15) is 0 Å². The molecular weight excluding hydrogens is 258 g/mol. The van der Waals surface area contributed by atoms with E-state index in [0.29, 0.717) is 11.3 Å². The molecule has 1 aromatic carbocycles. The van der Waals surface area contributed by atoms with Gasteiger partial charge in [-0.15, -0.1) is 0 Å². The number of carbonyl (C=O) groups excluding carboxylic acids is 2. The molecule has 1 aromatic rings. The highest BCUT2D eigenvalue weighted by molar-refractivity contribution is 9.10. The van der Waals surface area contributed by atoms with Crippen LogP contribution in [0.1, 0.15) is 24.2 Å². The Bertz CT molecular complexity index is 371. The normalized spacial score (nSPS) is 11.9. The Morgan fingerprint density at radius 1 is 1.27 bits per heavy atom. The number of rotatable bonds is 3. The van der Waals surface area contributed by atoms with Gasteiger partial charge in [0.2, 0.25) is 5.91 Å². The van der Waals surface area contributed by atoms with Crippen molar-refractivity contribution >= 4 is 33.3 Å². The average molecular weight is 270 g/mol. The molecular formula is C11H12BrNO2. The van der Waals surface area contributed by atoms with Gasteiger partial charge in [0.25, 0.3) is 0 Å². The number of halogens is 1. The van der Waals surface area contributed by atoms with Crippen molar-refractivity contribution in [2.75, 3.05) is 5.32 Å². The van der Waals surface area contributed by atoms with E-state index in [1.807, 2.05) is 0 Å². The Hall–Kier alpha value is -1.16. The zero-order valence-electron chi connectivity index (χ0n) is 8.58. The topological polar surface area (TPSA) is 46.2 Å². The zero-order chi connectivity index (χ0) is 11.4. The third-order valence-corrected chi connectivity index (χ3v) is 2.34. The maximum atomic E-state index is 11.3. The highest BCUT2D eigenvalue weighted by Crippen LogP contribution is 2.11. The van der Waals surface area contributed by atoms with Crippen LogP contribution in [0.15, 0.2) is 24.3 Å². The van der Waals surface area contributed by atoms with Crippen LogP contribution in [0.25, 0.3) is 0 Å². The van der Waals surface area contributed by atoms with Crippen LogP contribution < -0.4 is 5.32 Å². The van der Waals surface area contributed by atoms with E-state index < -0.39 is 0 Å². The van der Waals surface area contributed by atoms with E-state index >= 15 is 0 Å². The molecule has 0 fully saturated rings. The summed E-state index contributed by atoms with van der Waals surface area (Å²) >= 11 is 3.17. The smallest absolute Gasteiger partial charge is 0.237 e. The first-order valence-corrected chi connectivity index (χ1v) is 5.48. The quantitative estimate of drug-likeness (QED) is 0.677. The number of carbonyl (C=O) groups is 2. The average Bonchev–Trinajstić information content (AvgIpc) is 2.18. The highest BCUT2D eigenvalue weighted by atomic mass is 79.9. The maximum Gasteiger partial charge on any atom is 0.237 e. The summed E-state index contributed by atoms with van der Waals surface area (Å²) in [6, 6.07) is 6.81. The number of alkyl halides is 1. The van der Waals surface area contributed by atoms with Gasteiger partial charge in [-0.05, 0) is 38.1 Å². The van der Waals surface area contributed by atoms with E-state index in [9.17, 15) is 9.59 Å². The second kappa shape index (κ2) is 5.07. The van der Waals surface area contributed by atoms with Crippen LogP contribution in [0.2, 0.25) is 0 Å². The predicted octanol–water partition coefficient (Wildman–Crippen LogP) is 2.61. The number of nitrogens with one attached hydrogen (secondary N) is 1. The summed E-state index contributed by atoms with van der Waals surface area (Å²) in [4.78, 5) is 22.1. The molecule has 15 heavy (non-hydrogen) atoms. The Balaban J connectivity index is 2.73. The van der Waals surface area contributed by atoms with Gasteiger partial charge in [-0.25, -0.2) is 0 Å². The van der Waals surface area contributed by atoms with Crippen molar-refractivity contribution in [3.8, 4) is 0 Å². The number of hydrogen-bond acceptors (Lipinski definition) is 2. The SMILES string of the molecule is CC(=O)c1ccc(NC(=O)[C@@H](C)Br)cc1. The van der Waals surface area contributed by atoms with Crippen molar-refractivity contribution in [2.45, 2.75) is 18.7 Å². The van der Waals surface area contributed by atoms with Gasteiger partial charge in [0.15, 0.2) is 5.78 Å². The fourth-order valence-corrected chi connectivity index (χ4v) is 1.14. The lowest BCUT2D eigenvalue weighted by Crippen LogP contribution is -2.19. The summed E-state index contributed by atoms with van der Waals surface area (Å²) in [5.41, 5.74) is 1.33. The molecule has 80 valence electrons. The minimum absolute atomic E-state index is 0.0155. The number of anilines is 1. The Labute approximate surface area is 97.0 Å². The second-order valence-corrected chi connectivity index (χ2v) is 4.61. The standard InChI is InChI=1S/C11H12BrNO2/c1-7(12)11(15)13-10-5-3-9(4-6-10)8(2)14/h3-7H,1-2H3,(H,13,15)/t7-/m1/s1. The van der Waals surface area contributed by atoms with Crippen LogP contribution >= 0.6 is 15.9 Å². The van der Waals surface area contributed by atoms with E-state index in [1.54, 1.807) is 31.2 Å². The number of hydrogen-bond donors (Lipinski definition) is 1. The van der Waals surface area contributed by atoms with Crippen LogP contribution in [0.4, 0.5) is 5.69 Å². The van der Waals surface area contributed by atoms with Crippen molar-refractivity contribution < 1.29 is 9.59 Å². The lowest BCUT2D eigenvalue weighted by molar-refractivity contribution is -0.115. The minimum atomic E-state index is -0.231. The van der Waals surface area contributed by atoms with Crippen LogP contribution in [-0.4, -0.2) is 16.5 Å². The van der Waals surface area contributed by atoms with Crippen molar-refractivity contribution in [1.82, 2.24) is 0 Å². The molecule has 0 aliphatic carbocycles. The van der Waals surface area contributed by atoms with Gasteiger partial charge in [-0.1, -0.05) is 15.9 Å². The summed E-state index contributed by atoms with van der Waals surface area (Å²) < 4.78 is 0. The number of amides is 1. The monoisotopic (exact) mass is 269 g/mol. The van der Waals surface area contributed by atoms with Crippen molar-refractivity contribution in [3.63, 3.8) is 0 Å². The lowest BCUT2D eigenvalue weighted by Gasteiger charge is -2.06. The summed E-state index contributed by atoms with van der Waals surface area (Å²) in [5.74, 6) is -0.0905. The van der Waals surface area contributed by atoms with Crippen LogP contribution in [0, 0.1) is 0 Å². The molecule has 0 saturated carbocycles. The van der Waals surface area contributed by atoms with Crippen LogP contribution in [0.3, 0.4) is 0 Å². The summed E-state index contributed by atoms with van der Waals surface area (Å²) in [6.45, 7) is 3.26. The van der Waals surface area contributed by atoms with E-state index in [0.717, 1.165) is 0 Å². The molecule has 1 rings (SSSR count). The fraction of sp³-hybridized carbons (Fsp3) is 0.273. The summed E-state index contributed by atoms with van der Waals surface area (Å²) in [5, 5.41) is 2.71. The molecule has 4 heteroatoms. The first-order chi connectivity index (χ1) is 7.00. The molecule has 3 nitrogen and oxygen atoms in total. The van der Waals surface area contributed by atoms with Crippen LogP contribution in [0.5, 0.6) is 0 Å². The van der Waals surface area contributed by atoms with Gasteiger partial charge in [0.1, 0.15) is 0 Å². The van der Waals surface area contributed by atoms with Gasteiger partial charge in [0.05, 0.1) is 4.83 Å². The second-order valence-electron chi connectivity index (χ2n) is 3.24. The molecule has 1 N–H and O–H groups in total. The summed E-state index contributed by atoms with van der Waals surface area (Å²) in [7, 11) is 0. The molecule has 0 unspecified atom stereocenters. The molecule has 0 heterocycles. The number of ketones is 1. The molecule has 1 amide bonds. The molecule has 0 bridgehead atoms. The third kappa shape index (κ3) is 3.47. The van der Waals surface area contributed by atoms with Crippen molar-refractivity contribution in [1.29, 1.82) is 0 Å². The molecule has 0 aliphatic heterocycles. The molecule has 0 spiro atoms. The van der Waals surface area contributed by atoms with E-state index in [1.165, 1.54) is 6.92 Å². The lowest BCUT2D eigenvalue weighted by atomic mass is 10.1. The van der Waals surface area contributed by atoms with Crippen LogP contribution in [-0.2, 0) is 4.79 Å². The number of Topliss-reactive ketones (excluding diaryl/α,β-unsaturated/α-hetero) is 1. The first kappa shape index (κ1) is 11.9. The van der Waals surface area contributed by atoms with E-state index in [-0.39, 0.29) is 16.5 Å². The maximum absolute atomic E-state index is 11.3. The zero-order valence-corrected chi connectivity index (χ0v) is 10.2. The minimum Gasteiger partial charge on any atom is -0.325 e. The molecule has 0 aromatic heterocycles. The van der Waals surface area contributed by atoms with Gasteiger partial charge in [-0.3, -0.25) is 9.59 Å². The molecule has 0 aliphatic rings. The Morgan fingerprint density at radius 2 is 1.80 bits per heavy atom. The van der Waals surface area contributed by atoms with Gasteiger partial charge < -0.3 is 5.32 Å². The molecule has 0 radical (unpaired) electrons. The van der Waals surface area contributed by atoms with E-state index in [2.05, 4.69) is 21.2 Å². The Morgan fingerprint density at radius 3 is 2.20 bits per heavy atom. The predicted molar refractivity (Wildman–Crippen MR) is 63.5 cm³/mol. The molecule has 0 saturated heterocycles. The van der Waals surface area contributed by atoms with E-state index in [4.69, 9.17) is 0 Å². The first-order valence-electron chi connectivity index (χ1n) is 4.56. The van der Waals surface area contributed by atoms with Crippen molar-refractivity contribution in [2.24, 2.45) is 0 Å². The van der Waals surface area contributed by atoms with Crippen molar-refractivity contribution in [3.05, 3.63) is 29.8 Å². The van der Waals surface area contributed by atoms with Gasteiger partial charge in [0, 0.05) is 11.3 Å².